The van der Waals surface area contributed by atoms with Gasteiger partial charge in [0.05, 0.1) is 20.3 Å². The predicted molar refractivity (Wildman–Crippen MR) is 156 cm³/mol. The molecule has 0 heterocycles. The summed E-state index contributed by atoms with van der Waals surface area (Å²) in [4.78, 5) is 51.1. The van der Waals surface area contributed by atoms with E-state index in [1.807, 2.05) is 38.1 Å². The topological polar surface area (TPSA) is 135 Å². The molecule has 2 atom stereocenters. The first-order valence-corrected chi connectivity index (χ1v) is 13.8. The molecule has 0 spiro atoms. The van der Waals surface area contributed by atoms with E-state index in [0.29, 0.717) is 30.0 Å². The van der Waals surface area contributed by atoms with Crippen LogP contribution in [0.3, 0.4) is 0 Å². The summed E-state index contributed by atoms with van der Waals surface area (Å²) in [6.45, 7) is 5.92. The van der Waals surface area contributed by atoms with Crippen molar-refractivity contribution in [3.05, 3.63) is 57.2 Å². The second kappa shape index (κ2) is 15.9. The second-order valence-electron chi connectivity index (χ2n) is 9.37. The Morgan fingerprint density at radius 1 is 0.821 bits per heavy atom. The monoisotopic (exact) mass is 652 g/mol. The number of ether oxygens (including phenoxy) is 2. The standard InChI is InChI=1S/C28H37IN4O6/c1-6-23(25(34)27(36)30-16-19-12-21(38-4)14-22(13-19)39-5)32-26(35)24(11-17(2)3)33-28(37)31-15-18-7-9-20(29)10-8-18/h7-10,12-14,17,23-24H,6,11,15-16H2,1-5H3,(H,30,36)(H,32,35)(H2,31,33,37)/t23-,24+/m1/s1. The summed E-state index contributed by atoms with van der Waals surface area (Å²) in [5.74, 6) is -0.931. The van der Waals surface area contributed by atoms with Gasteiger partial charge in [-0.2, -0.15) is 0 Å². The molecular formula is C28H37IN4O6. The maximum Gasteiger partial charge on any atom is 0.315 e. The molecule has 11 heteroatoms. The number of benzene rings is 2. The van der Waals surface area contributed by atoms with Crippen LogP contribution in [0, 0.1) is 9.49 Å². The molecule has 10 nitrogen and oxygen atoms in total. The van der Waals surface area contributed by atoms with Gasteiger partial charge in [0.25, 0.3) is 5.91 Å². The first-order chi connectivity index (χ1) is 18.6. The van der Waals surface area contributed by atoms with E-state index in [-0.39, 0.29) is 18.9 Å². The number of hydrogen-bond acceptors (Lipinski definition) is 6. The summed E-state index contributed by atoms with van der Waals surface area (Å²) in [6.07, 6.45) is 0.565. The minimum Gasteiger partial charge on any atom is -0.497 e. The van der Waals surface area contributed by atoms with Gasteiger partial charge in [0.2, 0.25) is 11.7 Å². The maximum absolute atomic E-state index is 13.1. The van der Waals surface area contributed by atoms with Crippen molar-refractivity contribution in [1.29, 1.82) is 0 Å². The first-order valence-electron chi connectivity index (χ1n) is 12.7. The van der Waals surface area contributed by atoms with Crippen molar-refractivity contribution >= 4 is 46.2 Å². The summed E-state index contributed by atoms with van der Waals surface area (Å²) in [7, 11) is 3.04. The molecule has 0 bridgehead atoms. The second-order valence-corrected chi connectivity index (χ2v) is 10.6. The van der Waals surface area contributed by atoms with E-state index in [1.165, 1.54) is 14.2 Å². The number of amides is 4. The summed E-state index contributed by atoms with van der Waals surface area (Å²) in [5.41, 5.74) is 1.60. The Balaban J connectivity index is 1.97. The fourth-order valence-electron chi connectivity index (χ4n) is 3.72. The van der Waals surface area contributed by atoms with Gasteiger partial charge in [-0.1, -0.05) is 32.9 Å². The molecule has 0 radical (unpaired) electrons. The molecule has 2 aromatic rings. The number of Topliss-reactive ketones (excluding diaryl/α,β-unsaturated/α-hetero) is 1. The van der Waals surface area contributed by atoms with Crippen LogP contribution in [0.15, 0.2) is 42.5 Å². The third kappa shape index (κ3) is 10.7. The van der Waals surface area contributed by atoms with E-state index < -0.39 is 35.7 Å². The Morgan fingerprint density at radius 2 is 1.41 bits per heavy atom. The number of nitrogens with one attached hydrogen (secondary N) is 4. The lowest BCUT2D eigenvalue weighted by Gasteiger charge is -2.23. The van der Waals surface area contributed by atoms with Crippen LogP contribution in [0.4, 0.5) is 4.79 Å². The number of halogens is 1. The Bertz CT molecular complexity index is 1120. The van der Waals surface area contributed by atoms with Crippen LogP contribution in [0.2, 0.25) is 0 Å². The van der Waals surface area contributed by atoms with Gasteiger partial charge < -0.3 is 30.7 Å². The average Bonchev–Trinajstić information content (AvgIpc) is 2.92. The minimum atomic E-state index is -1.04. The van der Waals surface area contributed by atoms with E-state index in [1.54, 1.807) is 25.1 Å². The van der Waals surface area contributed by atoms with E-state index in [9.17, 15) is 19.2 Å². The van der Waals surface area contributed by atoms with Gasteiger partial charge in [-0.05, 0) is 76.7 Å². The molecule has 212 valence electrons. The highest BCUT2D eigenvalue weighted by Gasteiger charge is 2.29. The third-order valence-electron chi connectivity index (χ3n) is 5.82. The summed E-state index contributed by atoms with van der Waals surface area (Å²) < 4.78 is 11.5. The molecule has 2 aromatic carbocycles. The molecule has 39 heavy (non-hydrogen) atoms. The number of rotatable bonds is 14. The highest BCUT2D eigenvalue weighted by atomic mass is 127. The van der Waals surface area contributed by atoms with Gasteiger partial charge in [-0.25, -0.2) is 4.79 Å². The van der Waals surface area contributed by atoms with Crippen LogP contribution in [0.1, 0.15) is 44.7 Å². The lowest BCUT2D eigenvalue weighted by atomic mass is 10.0. The molecule has 0 aliphatic carbocycles. The van der Waals surface area contributed by atoms with Gasteiger partial charge in [0.1, 0.15) is 17.5 Å². The molecule has 4 N–H and O–H groups in total. The van der Waals surface area contributed by atoms with Crippen LogP contribution in [-0.2, 0) is 27.5 Å². The first kappa shape index (κ1) is 31.9. The fraction of sp³-hybridized carbons (Fsp3) is 0.429. The Morgan fingerprint density at radius 3 is 1.95 bits per heavy atom. The van der Waals surface area contributed by atoms with Gasteiger partial charge in [-0.3, -0.25) is 14.4 Å². The fourth-order valence-corrected chi connectivity index (χ4v) is 4.08. The quantitative estimate of drug-likeness (QED) is 0.183. The zero-order valence-corrected chi connectivity index (χ0v) is 25.1. The highest BCUT2D eigenvalue weighted by molar-refractivity contribution is 14.1. The Labute approximate surface area is 243 Å². The molecular weight excluding hydrogens is 615 g/mol. The molecule has 0 unspecified atom stereocenters. The molecule has 0 aliphatic heterocycles. The number of hydrogen-bond donors (Lipinski definition) is 4. The van der Waals surface area contributed by atoms with Gasteiger partial charge in [0, 0.05) is 22.7 Å². The van der Waals surface area contributed by atoms with Crippen LogP contribution in [0.5, 0.6) is 11.5 Å². The van der Waals surface area contributed by atoms with Crippen molar-refractivity contribution in [3.63, 3.8) is 0 Å². The minimum absolute atomic E-state index is 0.0702. The summed E-state index contributed by atoms with van der Waals surface area (Å²) in [6, 6.07) is 10.4. The van der Waals surface area contributed by atoms with Gasteiger partial charge >= 0.3 is 6.03 Å². The van der Waals surface area contributed by atoms with E-state index >= 15 is 0 Å². The number of ketones is 1. The summed E-state index contributed by atoms with van der Waals surface area (Å²) in [5, 5.41) is 10.7. The molecule has 0 aliphatic rings. The number of carbonyl (C=O) groups excluding carboxylic acids is 4. The lowest BCUT2D eigenvalue weighted by Crippen LogP contribution is -2.55. The number of methoxy groups -OCH3 is 2. The molecule has 0 aromatic heterocycles. The van der Waals surface area contributed by atoms with E-state index in [0.717, 1.165) is 9.13 Å². The van der Waals surface area contributed by atoms with E-state index in [4.69, 9.17) is 9.47 Å². The predicted octanol–water partition coefficient (Wildman–Crippen LogP) is 3.30. The third-order valence-corrected chi connectivity index (χ3v) is 6.54. The maximum atomic E-state index is 13.1. The largest absolute Gasteiger partial charge is 0.497 e. The highest BCUT2D eigenvalue weighted by Crippen LogP contribution is 2.22. The molecule has 2 rings (SSSR count). The van der Waals surface area contributed by atoms with Crippen molar-refractivity contribution < 1.29 is 28.7 Å². The lowest BCUT2D eigenvalue weighted by molar-refractivity contribution is -0.140. The summed E-state index contributed by atoms with van der Waals surface area (Å²) >= 11 is 2.20. The zero-order chi connectivity index (χ0) is 28.9. The molecule has 0 saturated heterocycles. The van der Waals surface area contributed by atoms with Crippen molar-refractivity contribution in [2.45, 2.75) is 58.8 Å². The van der Waals surface area contributed by atoms with Crippen LogP contribution in [-0.4, -0.2) is 49.9 Å². The molecule has 0 saturated carbocycles. The van der Waals surface area contributed by atoms with Gasteiger partial charge in [0.15, 0.2) is 0 Å². The SMILES string of the molecule is CC[C@@H](NC(=O)[C@H](CC(C)C)NC(=O)NCc1ccc(I)cc1)C(=O)C(=O)NCc1cc(OC)cc(OC)c1. The smallest absolute Gasteiger partial charge is 0.315 e. The van der Waals surface area contributed by atoms with Crippen molar-refractivity contribution in [3.8, 4) is 11.5 Å². The van der Waals surface area contributed by atoms with Crippen LogP contribution >= 0.6 is 22.6 Å². The van der Waals surface area contributed by atoms with Crippen molar-refractivity contribution in [2.24, 2.45) is 5.92 Å². The Hall–Kier alpha value is -3.35. The normalized spacial score (nSPS) is 12.2. The van der Waals surface area contributed by atoms with Crippen molar-refractivity contribution in [2.75, 3.05) is 14.2 Å². The number of urea groups is 1. The average molecular weight is 653 g/mol. The van der Waals surface area contributed by atoms with Crippen molar-refractivity contribution in [1.82, 2.24) is 21.3 Å². The van der Waals surface area contributed by atoms with Gasteiger partial charge in [-0.15, -0.1) is 0 Å². The molecule has 0 fully saturated rings. The molecule has 4 amide bonds. The van der Waals surface area contributed by atoms with Crippen LogP contribution in [0.25, 0.3) is 0 Å². The zero-order valence-electron chi connectivity index (χ0n) is 22.9. The van der Waals surface area contributed by atoms with Crippen LogP contribution < -0.4 is 30.7 Å². The number of carbonyl (C=O) groups is 4. The Kier molecular flexibility index (Phi) is 13.0. The van der Waals surface area contributed by atoms with E-state index in [2.05, 4.69) is 43.9 Å².